The monoisotopic (exact) mass is 521 g/mol. The highest BCUT2D eigenvalue weighted by atomic mass is 32.2. The van der Waals surface area contributed by atoms with E-state index in [1.54, 1.807) is 43.0 Å². The van der Waals surface area contributed by atoms with Crippen LogP contribution in [0.5, 0.6) is 0 Å². The zero-order valence-electron chi connectivity index (χ0n) is 21.6. The number of benzene rings is 3. The molecule has 7 nitrogen and oxygen atoms in total. The lowest BCUT2D eigenvalue weighted by Crippen LogP contribution is -2.47. The minimum Gasteiger partial charge on any atom is -0.350 e. The number of sulfonamides is 1. The number of hydrogen-bond acceptors (Lipinski definition) is 4. The van der Waals surface area contributed by atoms with Crippen molar-refractivity contribution in [1.82, 2.24) is 14.9 Å². The number of carbonyl (C=O) groups excluding carboxylic acids is 2. The Morgan fingerprint density at radius 1 is 0.865 bits per heavy atom. The maximum Gasteiger partial charge on any atom is 0.242 e. The number of carbonyl (C=O) groups is 2. The third-order valence-corrected chi connectivity index (χ3v) is 7.71. The quantitative estimate of drug-likeness (QED) is 0.377. The van der Waals surface area contributed by atoms with E-state index < -0.39 is 16.1 Å². The van der Waals surface area contributed by atoms with Gasteiger partial charge in [-0.25, -0.2) is 13.1 Å². The van der Waals surface area contributed by atoms with E-state index >= 15 is 0 Å². The summed E-state index contributed by atoms with van der Waals surface area (Å²) in [6.45, 7) is 6.50. The average molecular weight is 522 g/mol. The topological polar surface area (TPSA) is 95.6 Å². The molecule has 0 aliphatic rings. The first-order valence-corrected chi connectivity index (χ1v) is 13.9. The summed E-state index contributed by atoms with van der Waals surface area (Å²) in [7, 11) is -3.52. The summed E-state index contributed by atoms with van der Waals surface area (Å²) in [5, 5.41) is 2.95. The molecule has 2 N–H and O–H groups in total. The minimum atomic E-state index is -3.52. The number of amides is 2. The molecule has 3 rings (SSSR count). The zero-order chi connectivity index (χ0) is 26.8. The summed E-state index contributed by atoms with van der Waals surface area (Å²) in [4.78, 5) is 28.1. The van der Waals surface area contributed by atoms with Crippen LogP contribution >= 0.6 is 0 Å². The first-order valence-electron chi connectivity index (χ1n) is 12.4. The zero-order valence-corrected chi connectivity index (χ0v) is 22.4. The normalized spacial score (nSPS) is 12.1. The van der Waals surface area contributed by atoms with Gasteiger partial charge in [0.1, 0.15) is 6.04 Å². The Bertz CT molecular complexity index is 1270. The molecule has 0 radical (unpaired) electrons. The summed E-state index contributed by atoms with van der Waals surface area (Å²) in [6, 6.07) is 23.4. The van der Waals surface area contributed by atoms with Gasteiger partial charge in [0.2, 0.25) is 21.8 Å². The fraction of sp³-hybridized carbons (Fsp3) is 0.310. The molecule has 0 aliphatic carbocycles. The van der Waals surface area contributed by atoms with Gasteiger partial charge < -0.3 is 10.2 Å². The fourth-order valence-electron chi connectivity index (χ4n) is 3.91. The van der Waals surface area contributed by atoms with Crippen LogP contribution in [0.1, 0.15) is 42.5 Å². The van der Waals surface area contributed by atoms with Crippen molar-refractivity contribution in [2.75, 3.05) is 6.54 Å². The average Bonchev–Trinajstić information content (AvgIpc) is 2.90. The Morgan fingerprint density at radius 2 is 1.49 bits per heavy atom. The first kappa shape index (κ1) is 28.1. The van der Waals surface area contributed by atoms with Crippen LogP contribution in [-0.2, 0) is 39.1 Å². The molecule has 3 aromatic rings. The highest BCUT2D eigenvalue weighted by molar-refractivity contribution is 7.89. The number of hydrogen-bond donors (Lipinski definition) is 2. The van der Waals surface area contributed by atoms with E-state index in [4.69, 9.17) is 0 Å². The molecule has 1 atom stereocenters. The van der Waals surface area contributed by atoms with E-state index in [1.165, 1.54) is 0 Å². The van der Waals surface area contributed by atoms with Crippen molar-refractivity contribution in [2.24, 2.45) is 0 Å². The molecule has 0 heterocycles. The number of nitrogens with zero attached hydrogens (tertiary/aromatic N) is 1. The molecule has 2 amide bonds. The predicted molar refractivity (Wildman–Crippen MR) is 145 cm³/mol. The maximum absolute atomic E-state index is 13.3. The van der Waals surface area contributed by atoms with Crippen molar-refractivity contribution in [3.63, 3.8) is 0 Å². The molecule has 0 unspecified atom stereocenters. The molecule has 37 heavy (non-hydrogen) atoms. The Kier molecular flexibility index (Phi) is 10.00. The molecule has 8 heteroatoms. The van der Waals surface area contributed by atoms with Crippen LogP contribution in [0.2, 0.25) is 0 Å². The van der Waals surface area contributed by atoms with Gasteiger partial charge in [-0.15, -0.1) is 0 Å². The lowest BCUT2D eigenvalue weighted by molar-refractivity contribution is -0.140. The number of rotatable bonds is 12. The molecule has 0 fully saturated rings. The molecule has 0 saturated heterocycles. The van der Waals surface area contributed by atoms with Gasteiger partial charge in [-0.3, -0.25) is 9.59 Å². The SMILES string of the molecule is CCNS(=O)(=O)c1ccc(CCC(=O)N(Cc2ccccc2)[C@H](C)C(=O)NCc2ccc(C)cc2)cc1. The van der Waals surface area contributed by atoms with Gasteiger partial charge in [0.05, 0.1) is 4.90 Å². The van der Waals surface area contributed by atoms with Gasteiger partial charge in [0.25, 0.3) is 0 Å². The van der Waals surface area contributed by atoms with Crippen molar-refractivity contribution in [2.45, 2.75) is 57.6 Å². The molecule has 3 aromatic carbocycles. The summed E-state index contributed by atoms with van der Waals surface area (Å²) in [5.74, 6) is -0.367. The number of aryl methyl sites for hydroxylation is 2. The summed E-state index contributed by atoms with van der Waals surface area (Å²) in [5.41, 5.74) is 3.93. The van der Waals surface area contributed by atoms with Gasteiger partial charge in [-0.1, -0.05) is 79.2 Å². The van der Waals surface area contributed by atoms with Crippen molar-refractivity contribution in [3.8, 4) is 0 Å². The molecular formula is C29H35N3O4S. The molecule has 196 valence electrons. The lowest BCUT2D eigenvalue weighted by Gasteiger charge is -2.29. The second kappa shape index (κ2) is 13.2. The molecule has 0 aliphatic heterocycles. The minimum absolute atomic E-state index is 0.147. The third kappa shape index (κ3) is 8.27. The summed E-state index contributed by atoms with van der Waals surface area (Å²) in [6.07, 6.45) is 0.630. The Labute approximate surface area is 220 Å². The molecular weight excluding hydrogens is 486 g/mol. The molecule has 0 bridgehead atoms. The molecule has 0 saturated carbocycles. The van der Waals surface area contributed by atoms with Gasteiger partial charge in [-0.2, -0.15) is 0 Å². The third-order valence-electron chi connectivity index (χ3n) is 6.15. The van der Waals surface area contributed by atoms with Gasteiger partial charge in [0.15, 0.2) is 0 Å². The van der Waals surface area contributed by atoms with Crippen LogP contribution in [0.4, 0.5) is 0 Å². The van der Waals surface area contributed by atoms with Crippen LogP contribution < -0.4 is 10.0 Å². The van der Waals surface area contributed by atoms with Crippen LogP contribution in [0.15, 0.2) is 83.8 Å². The van der Waals surface area contributed by atoms with E-state index in [-0.39, 0.29) is 23.1 Å². The van der Waals surface area contributed by atoms with Crippen LogP contribution in [0.25, 0.3) is 0 Å². The van der Waals surface area contributed by atoms with Crippen molar-refractivity contribution < 1.29 is 18.0 Å². The summed E-state index contributed by atoms with van der Waals surface area (Å²) < 4.78 is 26.8. The smallest absolute Gasteiger partial charge is 0.242 e. The van der Waals surface area contributed by atoms with E-state index in [0.29, 0.717) is 26.1 Å². The fourth-order valence-corrected chi connectivity index (χ4v) is 4.95. The maximum atomic E-state index is 13.3. The van der Waals surface area contributed by atoms with Crippen LogP contribution in [0.3, 0.4) is 0 Å². The molecule has 0 spiro atoms. The number of nitrogens with one attached hydrogen (secondary N) is 2. The molecule has 0 aromatic heterocycles. The Morgan fingerprint density at radius 3 is 2.11 bits per heavy atom. The highest BCUT2D eigenvalue weighted by Gasteiger charge is 2.26. The van der Waals surface area contributed by atoms with E-state index in [0.717, 1.165) is 22.3 Å². The van der Waals surface area contributed by atoms with E-state index in [2.05, 4.69) is 10.0 Å². The second-order valence-electron chi connectivity index (χ2n) is 9.03. The van der Waals surface area contributed by atoms with Gasteiger partial charge in [0, 0.05) is 26.1 Å². The summed E-state index contributed by atoms with van der Waals surface area (Å²) >= 11 is 0. The first-order chi connectivity index (χ1) is 17.7. The predicted octanol–water partition coefficient (Wildman–Crippen LogP) is 3.96. The van der Waals surface area contributed by atoms with Gasteiger partial charge >= 0.3 is 0 Å². The van der Waals surface area contributed by atoms with Crippen molar-refractivity contribution >= 4 is 21.8 Å². The standard InChI is InChI=1S/C29H35N3O4S/c1-4-31-37(35,36)27-17-14-24(15-18-27)16-19-28(33)32(21-26-8-6-5-7-9-26)23(3)29(34)30-20-25-12-10-22(2)11-13-25/h5-15,17-18,23,31H,4,16,19-21H2,1-3H3,(H,30,34)/t23-/m1/s1. The van der Waals surface area contributed by atoms with Crippen LogP contribution in [0, 0.1) is 6.92 Å². The second-order valence-corrected chi connectivity index (χ2v) is 10.8. The van der Waals surface area contributed by atoms with Gasteiger partial charge in [-0.05, 0) is 49.1 Å². The lowest BCUT2D eigenvalue weighted by atomic mass is 10.1. The van der Waals surface area contributed by atoms with E-state index in [1.807, 2.05) is 61.5 Å². The highest BCUT2D eigenvalue weighted by Crippen LogP contribution is 2.15. The van der Waals surface area contributed by atoms with Crippen LogP contribution in [-0.4, -0.2) is 37.7 Å². The Hall–Kier alpha value is -3.49. The Balaban J connectivity index is 1.67. The largest absolute Gasteiger partial charge is 0.350 e. The van der Waals surface area contributed by atoms with Crippen molar-refractivity contribution in [3.05, 3.63) is 101 Å². The van der Waals surface area contributed by atoms with E-state index in [9.17, 15) is 18.0 Å². The van der Waals surface area contributed by atoms with Crippen molar-refractivity contribution in [1.29, 1.82) is 0 Å².